The van der Waals surface area contributed by atoms with Crippen molar-refractivity contribution in [2.45, 2.75) is 65.0 Å². The van der Waals surface area contributed by atoms with E-state index < -0.39 is 0 Å². The Labute approximate surface area is 129 Å². The molecule has 0 bridgehead atoms. The molecule has 3 rings (SSSR count). The SMILES string of the molecule is CN=C(NCC1(C)CCCC1)NC1C2CCOC2C1(C)C. The van der Waals surface area contributed by atoms with E-state index >= 15 is 0 Å². The van der Waals surface area contributed by atoms with Crippen molar-refractivity contribution in [2.75, 3.05) is 20.2 Å². The number of hydrogen-bond donors (Lipinski definition) is 2. The minimum absolute atomic E-state index is 0.204. The van der Waals surface area contributed by atoms with E-state index in [4.69, 9.17) is 4.74 Å². The zero-order chi connectivity index (χ0) is 15.1. The van der Waals surface area contributed by atoms with Crippen LogP contribution < -0.4 is 10.6 Å². The molecule has 1 aliphatic heterocycles. The van der Waals surface area contributed by atoms with Gasteiger partial charge in [-0.05, 0) is 24.7 Å². The van der Waals surface area contributed by atoms with Gasteiger partial charge in [0.1, 0.15) is 0 Å². The molecular formula is C17H31N3O. The molecule has 0 amide bonds. The molecule has 3 fully saturated rings. The maximum absolute atomic E-state index is 5.87. The summed E-state index contributed by atoms with van der Waals surface area (Å²) in [4.78, 5) is 4.44. The number of fused-ring (bicyclic) bond motifs is 1. The van der Waals surface area contributed by atoms with Crippen LogP contribution in [0.4, 0.5) is 0 Å². The number of nitrogens with zero attached hydrogens (tertiary/aromatic N) is 1. The summed E-state index contributed by atoms with van der Waals surface area (Å²) in [7, 11) is 1.88. The summed E-state index contributed by atoms with van der Waals surface area (Å²) in [5.41, 5.74) is 0.655. The molecule has 0 aromatic carbocycles. The molecule has 4 heteroatoms. The van der Waals surface area contributed by atoms with Crippen LogP contribution in [0.1, 0.15) is 52.9 Å². The number of guanidine groups is 1. The van der Waals surface area contributed by atoms with Crippen LogP contribution in [-0.4, -0.2) is 38.3 Å². The molecule has 0 aromatic heterocycles. The Morgan fingerprint density at radius 1 is 1.24 bits per heavy atom. The quantitative estimate of drug-likeness (QED) is 0.621. The lowest BCUT2D eigenvalue weighted by molar-refractivity contribution is -0.106. The minimum Gasteiger partial charge on any atom is -0.377 e. The summed E-state index contributed by atoms with van der Waals surface area (Å²) < 4.78 is 5.87. The van der Waals surface area contributed by atoms with Gasteiger partial charge in [0.15, 0.2) is 5.96 Å². The third-order valence-corrected chi connectivity index (χ3v) is 6.11. The summed E-state index contributed by atoms with van der Waals surface area (Å²) >= 11 is 0. The zero-order valence-electron chi connectivity index (χ0n) is 14.0. The first kappa shape index (κ1) is 15.1. The Kier molecular flexibility index (Phi) is 3.93. The molecule has 3 aliphatic rings. The lowest BCUT2D eigenvalue weighted by Crippen LogP contribution is -2.68. The van der Waals surface area contributed by atoms with Crippen LogP contribution in [0.15, 0.2) is 4.99 Å². The average Bonchev–Trinajstić information content (AvgIpc) is 3.07. The van der Waals surface area contributed by atoms with Crippen LogP contribution in [0, 0.1) is 16.7 Å². The molecule has 21 heavy (non-hydrogen) atoms. The van der Waals surface area contributed by atoms with Crippen molar-refractivity contribution in [3.05, 3.63) is 0 Å². The number of nitrogens with one attached hydrogen (secondary N) is 2. The highest BCUT2D eigenvalue weighted by atomic mass is 16.5. The topological polar surface area (TPSA) is 45.7 Å². The van der Waals surface area contributed by atoms with Gasteiger partial charge in [-0.3, -0.25) is 4.99 Å². The molecule has 2 saturated carbocycles. The number of aliphatic imine (C=N–C) groups is 1. The summed E-state index contributed by atoms with van der Waals surface area (Å²) in [6, 6.07) is 0.479. The molecule has 0 spiro atoms. The van der Waals surface area contributed by atoms with Gasteiger partial charge in [-0.25, -0.2) is 0 Å². The second kappa shape index (κ2) is 5.45. The highest BCUT2D eigenvalue weighted by molar-refractivity contribution is 5.80. The molecule has 4 nitrogen and oxygen atoms in total. The number of rotatable bonds is 3. The van der Waals surface area contributed by atoms with Gasteiger partial charge in [0.25, 0.3) is 0 Å². The van der Waals surface area contributed by atoms with E-state index in [0.29, 0.717) is 23.5 Å². The zero-order valence-corrected chi connectivity index (χ0v) is 14.0. The van der Waals surface area contributed by atoms with Crippen LogP contribution in [0.3, 0.4) is 0 Å². The smallest absolute Gasteiger partial charge is 0.191 e. The Hall–Kier alpha value is -0.770. The normalized spacial score (nSPS) is 37.0. The third-order valence-electron chi connectivity index (χ3n) is 6.11. The largest absolute Gasteiger partial charge is 0.377 e. The van der Waals surface area contributed by atoms with E-state index in [0.717, 1.165) is 19.1 Å². The monoisotopic (exact) mass is 293 g/mol. The first-order valence-corrected chi connectivity index (χ1v) is 8.55. The molecule has 0 radical (unpaired) electrons. The van der Waals surface area contributed by atoms with E-state index in [1.165, 1.54) is 32.1 Å². The summed E-state index contributed by atoms with van der Waals surface area (Å²) in [6.07, 6.45) is 7.04. The van der Waals surface area contributed by atoms with Gasteiger partial charge in [-0.2, -0.15) is 0 Å². The maximum Gasteiger partial charge on any atom is 0.191 e. The Morgan fingerprint density at radius 2 is 1.95 bits per heavy atom. The molecule has 3 atom stereocenters. The predicted octanol–water partition coefficient (Wildman–Crippen LogP) is 2.55. The maximum atomic E-state index is 5.87. The molecule has 1 saturated heterocycles. The highest BCUT2D eigenvalue weighted by Crippen LogP contribution is 2.52. The molecule has 1 heterocycles. The molecule has 2 N–H and O–H groups in total. The fourth-order valence-corrected chi connectivity index (χ4v) is 4.66. The Morgan fingerprint density at radius 3 is 2.62 bits per heavy atom. The third kappa shape index (κ3) is 2.67. The summed E-state index contributed by atoms with van der Waals surface area (Å²) in [5.74, 6) is 1.62. The van der Waals surface area contributed by atoms with E-state index in [9.17, 15) is 0 Å². The van der Waals surface area contributed by atoms with Gasteiger partial charge in [0.2, 0.25) is 0 Å². The fourth-order valence-electron chi connectivity index (χ4n) is 4.66. The van der Waals surface area contributed by atoms with E-state index in [2.05, 4.69) is 36.4 Å². The lowest BCUT2D eigenvalue weighted by Gasteiger charge is -2.55. The molecule has 0 aromatic rings. The van der Waals surface area contributed by atoms with E-state index in [-0.39, 0.29) is 5.41 Å². The number of ether oxygens (including phenoxy) is 1. The van der Waals surface area contributed by atoms with Crippen molar-refractivity contribution in [3.63, 3.8) is 0 Å². The average molecular weight is 293 g/mol. The van der Waals surface area contributed by atoms with Crippen molar-refractivity contribution in [1.29, 1.82) is 0 Å². The molecule has 3 unspecified atom stereocenters. The van der Waals surface area contributed by atoms with Crippen LogP contribution in [-0.2, 0) is 4.74 Å². The van der Waals surface area contributed by atoms with Crippen molar-refractivity contribution < 1.29 is 4.74 Å². The van der Waals surface area contributed by atoms with Crippen molar-refractivity contribution >= 4 is 5.96 Å². The number of hydrogen-bond acceptors (Lipinski definition) is 2. The Balaban J connectivity index is 1.55. The second-order valence-corrected chi connectivity index (χ2v) is 8.13. The van der Waals surface area contributed by atoms with Crippen LogP contribution in [0.25, 0.3) is 0 Å². The van der Waals surface area contributed by atoms with Gasteiger partial charge >= 0.3 is 0 Å². The molecular weight excluding hydrogens is 262 g/mol. The van der Waals surface area contributed by atoms with Crippen LogP contribution in [0.5, 0.6) is 0 Å². The molecule has 2 aliphatic carbocycles. The summed E-state index contributed by atoms with van der Waals surface area (Å²) in [5, 5.41) is 7.23. The Bertz CT molecular complexity index is 412. The summed E-state index contributed by atoms with van der Waals surface area (Å²) in [6.45, 7) is 8.96. The van der Waals surface area contributed by atoms with Gasteiger partial charge in [0, 0.05) is 37.6 Å². The standard InChI is InChI=1S/C17H31N3O/c1-16(2)13(12-7-10-21-14(12)16)20-15(18-4)19-11-17(3)8-5-6-9-17/h12-14H,5-11H2,1-4H3,(H2,18,19,20). The van der Waals surface area contributed by atoms with Crippen molar-refractivity contribution in [2.24, 2.45) is 21.7 Å². The van der Waals surface area contributed by atoms with E-state index in [1.807, 2.05) is 7.05 Å². The fraction of sp³-hybridized carbons (Fsp3) is 0.941. The van der Waals surface area contributed by atoms with Gasteiger partial charge in [0.05, 0.1) is 6.10 Å². The predicted molar refractivity (Wildman–Crippen MR) is 86.5 cm³/mol. The van der Waals surface area contributed by atoms with Crippen molar-refractivity contribution in [3.8, 4) is 0 Å². The first-order chi connectivity index (χ1) is 9.96. The molecule has 120 valence electrons. The van der Waals surface area contributed by atoms with Gasteiger partial charge < -0.3 is 15.4 Å². The first-order valence-electron chi connectivity index (χ1n) is 8.55. The minimum atomic E-state index is 0.204. The van der Waals surface area contributed by atoms with Gasteiger partial charge in [-0.1, -0.05) is 33.6 Å². The van der Waals surface area contributed by atoms with Gasteiger partial charge in [-0.15, -0.1) is 0 Å². The highest BCUT2D eigenvalue weighted by Gasteiger charge is 2.59. The second-order valence-electron chi connectivity index (χ2n) is 8.13. The van der Waals surface area contributed by atoms with E-state index in [1.54, 1.807) is 0 Å². The lowest BCUT2D eigenvalue weighted by atomic mass is 9.57. The van der Waals surface area contributed by atoms with Crippen LogP contribution >= 0.6 is 0 Å². The van der Waals surface area contributed by atoms with Crippen LogP contribution in [0.2, 0.25) is 0 Å². The van der Waals surface area contributed by atoms with Crippen molar-refractivity contribution in [1.82, 2.24) is 10.6 Å².